The Morgan fingerprint density at radius 1 is 1.19 bits per heavy atom. The molecule has 4 rings (SSSR count). The quantitative estimate of drug-likeness (QED) is 0.672. The van der Waals surface area contributed by atoms with Gasteiger partial charge in [-0.15, -0.1) is 0 Å². The molecule has 0 saturated carbocycles. The number of nitrogens with zero attached hydrogens (tertiary/aromatic N) is 1. The van der Waals surface area contributed by atoms with E-state index in [1.807, 2.05) is 0 Å². The number of urea groups is 1. The Balaban J connectivity index is 1.59. The molecule has 8 nitrogen and oxygen atoms in total. The van der Waals surface area contributed by atoms with Crippen LogP contribution in [0.25, 0.3) is 0 Å². The summed E-state index contributed by atoms with van der Waals surface area (Å²) < 4.78 is 33.2. The molecule has 1 fully saturated rings. The number of nitrogens with one attached hydrogen (secondary N) is 2. The van der Waals surface area contributed by atoms with Crippen LogP contribution < -0.4 is 15.4 Å². The zero-order valence-electron chi connectivity index (χ0n) is 16.2. The predicted octanol–water partition coefficient (Wildman–Crippen LogP) is 2.10. The number of carboxylic acids is 1. The van der Waals surface area contributed by atoms with Gasteiger partial charge in [-0.3, -0.25) is 9.59 Å². The van der Waals surface area contributed by atoms with Crippen molar-refractivity contribution in [3.05, 3.63) is 59.2 Å². The van der Waals surface area contributed by atoms with Crippen molar-refractivity contribution in [2.24, 2.45) is 0 Å². The maximum Gasteiger partial charge on any atom is 0.323 e. The average Bonchev–Trinajstić information content (AvgIpc) is 3.28. The highest BCUT2D eigenvalue weighted by Crippen LogP contribution is 2.36. The molecule has 0 bridgehead atoms. The van der Waals surface area contributed by atoms with Gasteiger partial charge < -0.3 is 25.4 Å². The van der Waals surface area contributed by atoms with E-state index in [4.69, 9.17) is 9.84 Å². The number of carboxylic acid groups (broad SMARTS) is 1. The molecule has 3 N–H and O–H groups in total. The van der Waals surface area contributed by atoms with Crippen molar-refractivity contribution in [2.45, 2.75) is 18.4 Å². The van der Waals surface area contributed by atoms with E-state index in [9.17, 15) is 23.2 Å². The number of carbonyl (C=O) groups is 3. The summed E-state index contributed by atoms with van der Waals surface area (Å²) >= 11 is 0. The minimum atomic E-state index is -1.22. The summed E-state index contributed by atoms with van der Waals surface area (Å²) in [5.74, 6) is -3.27. The lowest BCUT2D eigenvalue weighted by Crippen LogP contribution is -2.46. The highest BCUT2D eigenvalue weighted by atomic mass is 19.1. The van der Waals surface area contributed by atoms with E-state index in [1.165, 1.54) is 18.2 Å². The van der Waals surface area contributed by atoms with Crippen LogP contribution in [0.15, 0.2) is 36.4 Å². The first-order valence-corrected chi connectivity index (χ1v) is 9.60. The largest absolute Gasteiger partial charge is 0.493 e. The Labute approximate surface area is 175 Å². The third kappa shape index (κ3) is 4.27. The van der Waals surface area contributed by atoms with Crippen molar-refractivity contribution in [1.82, 2.24) is 10.2 Å². The monoisotopic (exact) mass is 431 g/mol. The molecular weight excluding hydrogens is 412 g/mol. The highest BCUT2D eigenvalue weighted by molar-refractivity contribution is 5.96. The fourth-order valence-corrected chi connectivity index (χ4v) is 3.89. The number of anilines is 1. The van der Waals surface area contributed by atoms with E-state index in [0.29, 0.717) is 24.5 Å². The van der Waals surface area contributed by atoms with Crippen LogP contribution in [-0.2, 0) is 16.0 Å². The molecule has 10 heteroatoms. The molecule has 0 aromatic heterocycles. The minimum Gasteiger partial charge on any atom is -0.493 e. The first-order chi connectivity index (χ1) is 14.8. The van der Waals surface area contributed by atoms with Crippen molar-refractivity contribution in [3.8, 4) is 5.75 Å². The van der Waals surface area contributed by atoms with Crippen LogP contribution in [0.5, 0.6) is 5.75 Å². The van der Waals surface area contributed by atoms with E-state index in [0.717, 1.165) is 22.6 Å². The van der Waals surface area contributed by atoms with E-state index in [1.54, 1.807) is 6.07 Å². The van der Waals surface area contributed by atoms with Crippen molar-refractivity contribution in [3.63, 3.8) is 0 Å². The van der Waals surface area contributed by atoms with Gasteiger partial charge in [0.1, 0.15) is 30.0 Å². The molecule has 2 aliphatic rings. The summed E-state index contributed by atoms with van der Waals surface area (Å²) in [5, 5.41) is 14.1. The first-order valence-electron chi connectivity index (χ1n) is 9.60. The van der Waals surface area contributed by atoms with Gasteiger partial charge in [0.2, 0.25) is 5.91 Å². The van der Waals surface area contributed by atoms with Crippen molar-refractivity contribution < 1.29 is 33.0 Å². The fourth-order valence-electron chi connectivity index (χ4n) is 3.89. The standard InChI is InChI=1S/C21H19F2N3O5/c22-12-1-3-13(4-2-12)24-21(30)25-19-15(9-26(20(19)29)10-18(27)28)14-7-11-5-6-31-17(11)8-16(14)23/h1-4,7-8,15,19H,5-6,9-10H2,(H,27,28)(H2,24,25,30). The number of hydrogen-bond acceptors (Lipinski definition) is 4. The molecule has 2 aliphatic heterocycles. The number of fused-ring (bicyclic) bond motifs is 1. The van der Waals surface area contributed by atoms with Gasteiger partial charge in [0, 0.05) is 30.6 Å². The molecule has 31 heavy (non-hydrogen) atoms. The summed E-state index contributed by atoms with van der Waals surface area (Å²) in [6.07, 6.45) is 0.589. The summed E-state index contributed by atoms with van der Waals surface area (Å²) in [5.41, 5.74) is 1.29. The molecule has 3 amide bonds. The van der Waals surface area contributed by atoms with E-state index in [-0.39, 0.29) is 12.1 Å². The molecule has 2 heterocycles. The Morgan fingerprint density at radius 3 is 2.65 bits per heavy atom. The number of rotatable bonds is 5. The number of benzene rings is 2. The smallest absolute Gasteiger partial charge is 0.323 e. The normalized spacial score (nSPS) is 19.7. The van der Waals surface area contributed by atoms with Crippen LogP contribution >= 0.6 is 0 Å². The lowest BCUT2D eigenvalue weighted by atomic mass is 9.91. The van der Waals surface area contributed by atoms with Crippen LogP contribution in [0, 0.1) is 11.6 Å². The van der Waals surface area contributed by atoms with Gasteiger partial charge in [-0.05, 0) is 41.5 Å². The van der Waals surface area contributed by atoms with Crippen molar-refractivity contribution in [1.29, 1.82) is 0 Å². The maximum atomic E-state index is 14.8. The Bertz CT molecular complexity index is 1040. The minimum absolute atomic E-state index is 0.0663. The Hall–Kier alpha value is -3.69. The van der Waals surface area contributed by atoms with Crippen LogP contribution in [0.3, 0.4) is 0 Å². The molecule has 2 atom stereocenters. The molecule has 0 radical (unpaired) electrons. The molecule has 0 spiro atoms. The second-order valence-corrected chi connectivity index (χ2v) is 7.38. The van der Waals surface area contributed by atoms with Gasteiger partial charge in [0.05, 0.1) is 6.61 Å². The topological polar surface area (TPSA) is 108 Å². The second kappa shape index (κ2) is 8.21. The predicted molar refractivity (Wildman–Crippen MR) is 105 cm³/mol. The zero-order valence-corrected chi connectivity index (χ0v) is 16.2. The van der Waals surface area contributed by atoms with E-state index < -0.39 is 48.0 Å². The molecular formula is C21H19F2N3O5. The molecule has 2 aromatic rings. The maximum absolute atomic E-state index is 14.8. The number of aliphatic carboxylic acids is 1. The first kappa shape index (κ1) is 20.6. The summed E-state index contributed by atoms with van der Waals surface area (Å²) in [6, 6.07) is 5.95. The van der Waals surface area contributed by atoms with Crippen LogP contribution in [0.4, 0.5) is 19.3 Å². The fraction of sp³-hybridized carbons (Fsp3) is 0.286. The van der Waals surface area contributed by atoms with Crippen LogP contribution in [-0.4, -0.2) is 53.7 Å². The van der Waals surface area contributed by atoms with Crippen LogP contribution in [0.1, 0.15) is 17.0 Å². The lowest BCUT2D eigenvalue weighted by molar-refractivity contribution is -0.143. The van der Waals surface area contributed by atoms with Gasteiger partial charge in [-0.2, -0.15) is 0 Å². The van der Waals surface area contributed by atoms with Crippen molar-refractivity contribution >= 4 is 23.6 Å². The molecule has 2 aromatic carbocycles. The Kier molecular flexibility index (Phi) is 5.45. The van der Waals surface area contributed by atoms with Gasteiger partial charge in [-0.25, -0.2) is 13.6 Å². The van der Waals surface area contributed by atoms with Gasteiger partial charge >= 0.3 is 12.0 Å². The SMILES string of the molecule is O=C(O)CN1CC(c2cc3c(cc2F)OCC3)C(NC(=O)Nc2ccc(F)cc2)C1=O. The third-order valence-electron chi connectivity index (χ3n) is 5.32. The second-order valence-electron chi connectivity index (χ2n) is 7.38. The molecule has 2 unspecified atom stereocenters. The number of halogens is 2. The van der Waals surface area contributed by atoms with E-state index >= 15 is 0 Å². The Morgan fingerprint density at radius 2 is 1.94 bits per heavy atom. The van der Waals surface area contributed by atoms with Crippen LogP contribution in [0.2, 0.25) is 0 Å². The number of carbonyl (C=O) groups excluding carboxylic acids is 2. The van der Waals surface area contributed by atoms with E-state index in [2.05, 4.69) is 10.6 Å². The summed E-state index contributed by atoms with van der Waals surface area (Å²) in [6.45, 7) is -0.208. The molecule has 0 aliphatic carbocycles. The zero-order chi connectivity index (χ0) is 22.1. The molecule has 162 valence electrons. The lowest BCUT2D eigenvalue weighted by Gasteiger charge is -2.20. The van der Waals surface area contributed by atoms with Gasteiger partial charge in [0.15, 0.2) is 0 Å². The summed E-state index contributed by atoms with van der Waals surface area (Å²) in [4.78, 5) is 37.5. The van der Waals surface area contributed by atoms with Crippen molar-refractivity contribution in [2.75, 3.05) is 25.0 Å². The molecule has 1 saturated heterocycles. The number of ether oxygens (including phenoxy) is 1. The van der Waals surface area contributed by atoms with Gasteiger partial charge in [-0.1, -0.05) is 0 Å². The summed E-state index contributed by atoms with van der Waals surface area (Å²) in [7, 11) is 0. The number of likely N-dealkylation sites (tertiary alicyclic amines) is 1. The highest BCUT2D eigenvalue weighted by Gasteiger charge is 2.44. The van der Waals surface area contributed by atoms with Gasteiger partial charge in [0.25, 0.3) is 0 Å². The number of amides is 3. The average molecular weight is 431 g/mol. The third-order valence-corrected chi connectivity index (χ3v) is 5.32. The number of hydrogen-bond donors (Lipinski definition) is 3.